The zero-order chi connectivity index (χ0) is 49.9. The van der Waals surface area contributed by atoms with E-state index in [4.69, 9.17) is 14.2 Å². The van der Waals surface area contributed by atoms with Crippen LogP contribution in [0.2, 0.25) is 0 Å². The van der Waals surface area contributed by atoms with Crippen molar-refractivity contribution in [3.05, 3.63) is 107 Å². The van der Waals surface area contributed by atoms with Gasteiger partial charge in [0.1, 0.15) is 15.6 Å². The van der Waals surface area contributed by atoms with Crippen molar-refractivity contribution < 1.29 is 55.0 Å². The number of amides is 4. The van der Waals surface area contributed by atoms with E-state index in [2.05, 4.69) is 10.4 Å². The summed E-state index contributed by atoms with van der Waals surface area (Å²) in [6, 6.07) is 17.2. The first kappa shape index (κ1) is 48.5. The van der Waals surface area contributed by atoms with Crippen molar-refractivity contribution in [1.82, 2.24) is 29.8 Å². The number of alkyl halides is 2. The lowest BCUT2D eigenvalue weighted by atomic mass is 9.77. The summed E-state index contributed by atoms with van der Waals surface area (Å²) in [5, 5.41) is 7.33. The lowest BCUT2D eigenvalue weighted by molar-refractivity contribution is -0.137. The molecule has 3 fully saturated rings. The van der Waals surface area contributed by atoms with E-state index in [1.807, 2.05) is 9.80 Å². The molecule has 0 spiro atoms. The van der Waals surface area contributed by atoms with Crippen LogP contribution in [-0.2, 0) is 38.4 Å². The standard InChI is InChI=1S/C50H54F3N7O9S/c1-6-68-42-23-31(9-14-40(42)67-4)39(28-70(5,65)66)60-46(62)34-13-10-32(24-35(34)47(60)63)58-19-21-59(22-20-58)43-16-18-57(29-50(43,52)53)27-30-7-11-33(12-8-30)69-41-26-38-36(25-37(41)51)45(55-56(38)3)49(2)17-15-44(61)54-48(49)64/h7-14,23-26,39,43H,6,15-22,27-29H2,1-5H3,(H,54,61,64)/t39-,43+,49+/m1/s1. The third kappa shape index (κ3) is 9.31. The summed E-state index contributed by atoms with van der Waals surface area (Å²) >= 11 is 0. The monoisotopic (exact) mass is 985 g/mol. The molecule has 5 heterocycles. The average molecular weight is 986 g/mol. The molecular weight excluding hydrogens is 932 g/mol. The molecule has 1 aromatic heterocycles. The Kier molecular flexibility index (Phi) is 12.9. The number of methoxy groups -OCH3 is 1. The Morgan fingerprint density at radius 3 is 2.29 bits per heavy atom. The number of ether oxygens (including phenoxy) is 3. The summed E-state index contributed by atoms with van der Waals surface area (Å²) in [4.78, 5) is 59.1. The van der Waals surface area contributed by atoms with E-state index in [1.165, 1.54) is 19.2 Å². The normalized spacial score (nSPS) is 21.5. The number of nitrogens with one attached hydrogen (secondary N) is 1. The third-order valence-corrected chi connectivity index (χ3v) is 14.8. The molecule has 5 aromatic rings. The molecule has 20 heteroatoms. The van der Waals surface area contributed by atoms with Crippen LogP contribution in [0.1, 0.15) is 76.7 Å². The van der Waals surface area contributed by atoms with E-state index in [1.54, 1.807) is 91.1 Å². The van der Waals surface area contributed by atoms with Crippen molar-refractivity contribution in [2.24, 2.45) is 7.05 Å². The van der Waals surface area contributed by atoms with Crippen LogP contribution in [0.3, 0.4) is 0 Å². The molecule has 9 rings (SSSR count). The van der Waals surface area contributed by atoms with Crippen molar-refractivity contribution in [2.75, 3.05) is 69.9 Å². The highest BCUT2D eigenvalue weighted by molar-refractivity contribution is 7.90. The highest BCUT2D eigenvalue weighted by Gasteiger charge is 2.49. The quantitative estimate of drug-likeness (QED) is 0.128. The Morgan fingerprint density at radius 2 is 1.61 bits per heavy atom. The maximum atomic E-state index is 16.0. The van der Waals surface area contributed by atoms with Crippen LogP contribution in [0, 0.1) is 5.82 Å². The zero-order valence-electron chi connectivity index (χ0n) is 39.5. The highest BCUT2D eigenvalue weighted by Crippen LogP contribution is 2.41. The van der Waals surface area contributed by atoms with Crippen LogP contribution in [0.15, 0.2) is 72.8 Å². The molecule has 0 bridgehead atoms. The summed E-state index contributed by atoms with van der Waals surface area (Å²) in [6.45, 7) is 5.55. The van der Waals surface area contributed by atoms with Gasteiger partial charge in [-0.1, -0.05) is 18.2 Å². The van der Waals surface area contributed by atoms with E-state index in [9.17, 15) is 27.6 Å². The van der Waals surface area contributed by atoms with Gasteiger partial charge in [0.15, 0.2) is 23.1 Å². The van der Waals surface area contributed by atoms with Gasteiger partial charge in [0.25, 0.3) is 17.7 Å². The van der Waals surface area contributed by atoms with Crippen molar-refractivity contribution in [2.45, 2.75) is 63.1 Å². The number of benzene rings is 4. The lowest BCUT2D eigenvalue weighted by Crippen LogP contribution is -2.61. The molecule has 3 saturated heterocycles. The molecule has 0 saturated carbocycles. The smallest absolute Gasteiger partial charge is 0.275 e. The largest absolute Gasteiger partial charge is 0.493 e. The van der Waals surface area contributed by atoms with Crippen LogP contribution in [0.5, 0.6) is 23.0 Å². The number of piperazine rings is 1. The lowest BCUT2D eigenvalue weighted by Gasteiger charge is -2.46. The molecule has 4 aromatic carbocycles. The Balaban J connectivity index is 0.806. The minimum absolute atomic E-state index is 0.0587. The summed E-state index contributed by atoms with van der Waals surface area (Å²) in [5.41, 5.74) is 1.88. The number of hydrogen-bond donors (Lipinski definition) is 1. The highest BCUT2D eigenvalue weighted by atomic mass is 32.2. The first-order valence-corrected chi connectivity index (χ1v) is 25.2. The molecule has 0 aliphatic carbocycles. The van der Waals surface area contributed by atoms with Gasteiger partial charge in [0.2, 0.25) is 11.8 Å². The van der Waals surface area contributed by atoms with Crippen molar-refractivity contribution in [3.8, 4) is 23.0 Å². The van der Waals surface area contributed by atoms with Gasteiger partial charge in [-0.15, -0.1) is 0 Å². The molecule has 0 radical (unpaired) electrons. The van der Waals surface area contributed by atoms with Gasteiger partial charge < -0.3 is 19.1 Å². The number of aryl methyl sites for hydroxylation is 1. The molecule has 4 amide bonds. The van der Waals surface area contributed by atoms with E-state index < -0.39 is 69.1 Å². The second-order valence-corrected chi connectivity index (χ2v) is 20.9. The van der Waals surface area contributed by atoms with Gasteiger partial charge in [-0.25, -0.2) is 21.6 Å². The number of rotatable bonds is 14. The summed E-state index contributed by atoms with van der Waals surface area (Å²) < 4.78 is 91.5. The predicted molar refractivity (Wildman–Crippen MR) is 253 cm³/mol. The number of piperidine rings is 2. The summed E-state index contributed by atoms with van der Waals surface area (Å²) in [7, 11) is -0.538. The molecule has 1 N–H and O–H groups in total. The number of carbonyl (C=O) groups is 4. The number of halogens is 3. The SMILES string of the molecule is CCOc1cc([C@@H](CS(C)(=O)=O)N2C(=O)c3ccc(N4CCN([C@H]5CCN(Cc6ccc(Oc7cc8c(cc7F)c([C@]7(C)CCC(=O)NC7=O)nn8C)cc6)CC5(F)F)CC4)cc3C2=O)ccc1OC. The second kappa shape index (κ2) is 18.7. The number of sulfone groups is 1. The molecule has 4 aliphatic rings. The Bertz CT molecular complexity index is 3020. The molecular formula is C50H54F3N7O9S. The average Bonchev–Trinajstić information content (AvgIpc) is 3.77. The number of likely N-dealkylation sites (tertiary alicyclic amines) is 1. The molecule has 3 atom stereocenters. The topological polar surface area (TPSA) is 173 Å². The molecule has 4 aliphatic heterocycles. The fourth-order valence-electron chi connectivity index (χ4n) is 10.2. The van der Waals surface area contributed by atoms with E-state index in [0.717, 1.165) is 16.7 Å². The van der Waals surface area contributed by atoms with Gasteiger partial charge in [0.05, 0.1) is 65.9 Å². The van der Waals surface area contributed by atoms with E-state index >= 15 is 13.2 Å². The van der Waals surface area contributed by atoms with Crippen LogP contribution in [0.4, 0.5) is 18.9 Å². The van der Waals surface area contributed by atoms with Crippen molar-refractivity contribution in [1.29, 1.82) is 0 Å². The Labute approximate surface area is 403 Å². The van der Waals surface area contributed by atoms with Gasteiger partial charge in [-0.3, -0.25) is 43.9 Å². The van der Waals surface area contributed by atoms with Crippen LogP contribution in [-0.4, -0.2) is 133 Å². The number of imide groups is 2. The number of aromatic nitrogens is 2. The van der Waals surface area contributed by atoms with Gasteiger partial charge in [0, 0.05) is 76.1 Å². The number of anilines is 1. The maximum Gasteiger partial charge on any atom is 0.275 e. The number of fused-ring (bicyclic) bond motifs is 2. The van der Waals surface area contributed by atoms with Crippen molar-refractivity contribution >= 4 is 50.1 Å². The summed E-state index contributed by atoms with van der Waals surface area (Å²) in [6.07, 6.45) is 1.67. The molecule has 370 valence electrons. The maximum absolute atomic E-state index is 16.0. The third-order valence-electron chi connectivity index (χ3n) is 13.9. The van der Waals surface area contributed by atoms with Gasteiger partial charge >= 0.3 is 0 Å². The molecule has 0 unspecified atom stereocenters. The predicted octanol–water partition coefficient (Wildman–Crippen LogP) is 6.02. The summed E-state index contributed by atoms with van der Waals surface area (Å²) in [5.74, 6) is -5.25. The first-order chi connectivity index (χ1) is 33.3. The Hall–Kier alpha value is -6.51. The minimum Gasteiger partial charge on any atom is -0.493 e. The molecule has 70 heavy (non-hydrogen) atoms. The number of nitrogens with zero attached hydrogens (tertiary/aromatic N) is 6. The zero-order valence-corrected chi connectivity index (χ0v) is 40.3. The van der Waals surface area contributed by atoms with Crippen LogP contribution >= 0.6 is 0 Å². The van der Waals surface area contributed by atoms with Gasteiger partial charge in [-0.05, 0) is 86.3 Å². The van der Waals surface area contributed by atoms with Crippen LogP contribution in [0.25, 0.3) is 10.9 Å². The minimum atomic E-state index is -3.69. The first-order valence-electron chi connectivity index (χ1n) is 23.1. The fourth-order valence-corrected chi connectivity index (χ4v) is 11.1. The van der Waals surface area contributed by atoms with Crippen molar-refractivity contribution in [3.63, 3.8) is 0 Å². The van der Waals surface area contributed by atoms with E-state index in [-0.39, 0.29) is 48.6 Å². The Morgan fingerprint density at radius 1 is 0.886 bits per heavy atom. The number of hydrogen-bond acceptors (Lipinski definition) is 13. The van der Waals surface area contributed by atoms with Gasteiger partial charge in [-0.2, -0.15) is 5.10 Å². The second-order valence-electron chi connectivity index (χ2n) is 18.7. The number of carbonyl (C=O) groups excluding carboxylic acids is 4. The molecule has 16 nitrogen and oxygen atoms in total. The van der Waals surface area contributed by atoms with E-state index in [0.29, 0.717) is 84.4 Å². The fraction of sp³-hybridized carbons (Fsp3) is 0.420. The van der Waals surface area contributed by atoms with Crippen LogP contribution < -0.4 is 24.4 Å².